The van der Waals surface area contributed by atoms with Crippen LogP contribution in [0.3, 0.4) is 0 Å². The van der Waals surface area contributed by atoms with Gasteiger partial charge in [0.15, 0.2) is 0 Å². The molecule has 0 amide bonds. The van der Waals surface area contributed by atoms with Crippen LogP contribution in [0.1, 0.15) is 62.5 Å². The largest absolute Gasteiger partial charge is 0.300 e. The van der Waals surface area contributed by atoms with Crippen LogP contribution < -0.4 is 0 Å². The van der Waals surface area contributed by atoms with E-state index in [9.17, 15) is 4.79 Å². The van der Waals surface area contributed by atoms with Crippen molar-refractivity contribution in [3.05, 3.63) is 35.4 Å². The number of benzene rings is 1. The van der Waals surface area contributed by atoms with E-state index >= 15 is 0 Å². The lowest BCUT2D eigenvalue weighted by Gasteiger charge is -2.14. The molecule has 0 spiro atoms. The van der Waals surface area contributed by atoms with Gasteiger partial charge in [0.1, 0.15) is 5.78 Å². The minimum atomic E-state index is 0.449. The zero-order valence-electron chi connectivity index (χ0n) is 10.7. The highest BCUT2D eigenvalue weighted by molar-refractivity contribution is 5.79. The Morgan fingerprint density at radius 3 is 2.65 bits per heavy atom. The minimum absolute atomic E-state index is 0.449. The Kier molecular flexibility index (Phi) is 4.36. The molecular weight excluding hydrogens is 208 g/mol. The molecule has 0 radical (unpaired) electrons. The predicted octanol–water partition coefficient (Wildman–Crippen LogP) is 4.26. The molecule has 0 aliphatic heterocycles. The summed E-state index contributed by atoms with van der Waals surface area (Å²) >= 11 is 0. The van der Waals surface area contributed by atoms with Gasteiger partial charge < -0.3 is 0 Å². The van der Waals surface area contributed by atoms with Crippen LogP contribution in [0.2, 0.25) is 0 Å². The van der Waals surface area contributed by atoms with Crippen molar-refractivity contribution in [2.75, 3.05) is 0 Å². The smallest absolute Gasteiger partial charge is 0.133 e. The summed E-state index contributed by atoms with van der Waals surface area (Å²) in [5, 5.41) is 0. The summed E-state index contributed by atoms with van der Waals surface area (Å²) in [6.45, 7) is 2.21. The van der Waals surface area contributed by atoms with Gasteiger partial charge in [-0.15, -0.1) is 0 Å². The van der Waals surface area contributed by atoms with E-state index in [1.165, 1.54) is 30.4 Å². The maximum atomic E-state index is 11.6. The average Bonchev–Trinajstić information content (AvgIpc) is 2.55. The van der Waals surface area contributed by atoms with Crippen LogP contribution in [0.4, 0.5) is 0 Å². The Morgan fingerprint density at radius 1 is 1.18 bits per heavy atom. The van der Waals surface area contributed by atoms with Crippen molar-refractivity contribution in [1.82, 2.24) is 0 Å². The number of rotatable bonds is 3. The summed E-state index contributed by atoms with van der Waals surface area (Å²) < 4.78 is 0. The summed E-state index contributed by atoms with van der Waals surface area (Å²) in [6, 6.07) is 8.92. The maximum absolute atomic E-state index is 11.6. The molecule has 1 atom stereocenters. The number of Topliss-reactive ketones (excluding diaryl/α,β-unsaturated/α-hetero) is 1. The number of carbonyl (C=O) groups excluding carboxylic acids is 1. The van der Waals surface area contributed by atoms with E-state index in [4.69, 9.17) is 0 Å². The van der Waals surface area contributed by atoms with Gasteiger partial charge in [0.25, 0.3) is 0 Å². The van der Waals surface area contributed by atoms with Crippen molar-refractivity contribution < 1.29 is 4.79 Å². The molecule has 1 heteroatoms. The lowest BCUT2D eigenvalue weighted by molar-refractivity contribution is -0.119. The highest BCUT2D eigenvalue weighted by Gasteiger charge is 2.18. The maximum Gasteiger partial charge on any atom is 0.133 e. The molecule has 0 N–H and O–H groups in total. The fraction of sp³-hybridized carbons (Fsp3) is 0.562. The number of hydrogen-bond acceptors (Lipinski definition) is 1. The first-order valence-electron chi connectivity index (χ1n) is 6.90. The van der Waals surface area contributed by atoms with Crippen LogP contribution in [0.5, 0.6) is 0 Å². The van der Waals surface area contributed by atoms with E-state index in [2.05, 4.69) is 31.2 Å². The van der Waals surface area contributed by atoms with Crippen LogP contribution in [0.25, 0.3) is 0 Å². The molecule has 92 valence electrons. The van der Waals surface area contributed by atoms with Gasteiger partial charge in [-0.25, -0.2) is 0 Å². The number of hydrogen-bond donors (Lipinski definition) is 0. The SMILES string of the molecule is CCCc1ccc(C2CCCCC(=O)C2)cc1. The highest BCUT2D eigenvalue weighted by Crippen LogP contribution is 2.30. The van der Waals surface area contributed by atoms with Crippen molar-refractivity contribution in [2.24, 2.45) is 0 Å². The highest BCUT2D eigenvalue weighted by atomic mass is 16.1. The summed E-state index contributed by atoms with van der Waals surface area (Å²) in [6.07, 6.45) is 7.37. The van der Waals surface area contributed by atoms with Gasteiger partial charge in [-0.1, -0.05) is 44.0 Å². The third-order valence-electron chi connectivity index (χ3n) is 3.72. The zero-order chi connectivity index (χ0) is 12.1. The van der Waals surface area contributed by atoms with E-state index in [1.807, 2.05) is 0 Å². The fourth-order valence-corrected chi connectivity index (χ4v) is 2.72. The van der Waals surface area contributed by atoms with Gasteiger partial charge in [-0.2, -0.15) is 0 Å². The van der Waals surface area contributed by atoms with E-state index < -0.39 is 0 Å². The third kappa shape index (κ3) is 3.42. The van der Waals surface area contributed by atoms with Gasteiger partial charge in [0.2, 0.25) is 0 Å². The molecule has 0 aromatic heterocycles. The van der Waals surface area contributed by atoms with Crippen molar-refractivity contribution >= 4 is 5.78 Å². The molecule has 1 unspecified atom stereocenters. The summed E-state index contributed by atoms with van der Waals surface area (Å²) in [4.78, 5) is 11.6. The van der Waals surface area contributed by atoms with Gasteiger partial charge in [-0.3, -0.25) is 4.79 Å². The first-order valence-corrected chi connectivity index (χ1v) is 6.90. The minimum Gasteiger partial charge on any atom is -0.300 e. The van der Waals surface area contributed by atoms with Gasteiger partial charge in [-0.05, 0) is 36.3 Å². The summed E-state index contributed by atoms with van der Waals surface area (Å²) in [5.41, 5.74) is 2.77. The predicted molar refractivity (Wildman–Crippen MR) is 71.3 cm³/mol. The van der Waals surface area contributed by atoms with Crippen molar-refractivity contribution in [3.63, 3.8) is 0 Å². The van der Waals surface area contributed by atoms with Crippen LogP contribution in [-0.4, -0.2) is 5.78 Å². The molecule has 1 saturated carbocycles. The molecule has 1 aromatic rings. The third-order valence-corrected chi connectivity index (χ3v) is 3.72. The number of ketones is 1. The van der Waals surface area contributed by atoms with E-state index in [1.54, 1.807) is 0 Å². The summed E-state index contributed by atoms with van der Waals surface area (Å²) in [5.74, 6) is 0.922. The Labute approximate surface area is 104 Å². The van der Waals surface area contributed by atoms with Gasteiger partial charge in [0.05, 0.1) is 0 Å². The Balaban J connectivity index is 2.07. The van der Waals surface area contributed by atoms with Crippen molar-refractivity contribution in [3.8, 4) is 0 Å². The van der Waals surface area contributed by atoms with E-state index in [0.29, 0.717) is 11.7 Å². The Bertz CT molecular complexity index is 364. The molecule has 1 aromatic carbocycles. The standard InChI is InChI=1S/C16H22O/c1-2-5-13-8-10-14(11-9-13)15-6-3-4-7-16(17)12-15/h8-11,15H,2-7,12H2,1H3. The Hall–Kier alpha value is -1.11. The molecule has 1 aliphatic carbocycles. The average molecular weight is 230 g/mol. The summed E-state index contributed by atoms with van der Waals surface area (Å²) in [7, 11) is 0. The molecule has 2 rings (SSSR count). The van der Waals surface area contributed by atoms with Crippen LogP contribution in [0, 0.1) is 0 Å². The molecule has 1 fully saturated rings. The Morgan fingerprint density at radius 2 is 1.94 bits per heavy atom. The van der Waals surface area contributed by atoms with E-state index in [0.717, 1.165) is 25.7 Å². The quantitative estimate of drug-likeness (QED) is 0.709. The molecule has 0 heterocycles. The lowest BCUT2D eigenvalue weighted by Crippen LogP contribution is -2.03. The van der Waals surface area contributed by atoms with Crippen LogP contribution in [-0.2, 0) is 11.2 Å². The first kappa shape index (κ1) is 12.3. The van der Waals surface area contributed by atoms with Crippen molar-refractivity contribution in [2.45, 2.75) is 57.8 Å². The molecule has 1 aliphatic rings. The monoisotopic (exact) mass is 230 g/mol. The van der Waals surface area contributed by atoms with E-state index in [-0.39, 0.29) is 0 Å². The molecule has 17 heavy (non-hydrogen) atoms. The zero-order valence-corrected chi connectivity index (χ0v) is 10.7. The van der Waals surface area contributed by atoms with Gasteiger partial charge >= 0.3 is 0 Å². The van der Waals surface area contributed by atoms with Crippen LogP contribution in [0.15, 0.2) is 24.3 Å². The van der Waals surface area contributed by atoms with Crippen molar-refractivity contribution in [1.29, 1.82) is 0 Å². The number of aryl methyl sites for hydroxylation is 1. The van der Waals surface area contributed by atoms with Crippen LogP contribution >= 0.6 is 0 Å². The second-order valence-corrected chi connectivity index (χ2v) is 5.18. The number of carbonyl (C=O) groups is 1. The second kappa shape index (κ2) is 6.00. The molecule has 1 nitrogen and oxygen atoms in total. The topological polar surface area (TPSA) is 17.1 Å². The second-order valence-electron chi connectivity index (χ2n) is 5.18. The fourth-order valence-electron chi connectivity index (χ4n) is 2.72. The molecule has 0 bridgehead atoms. The normalized spacial score (nSPS) is 21.2. The molecular formula is C16H22O. The lowest BCUT2D eigenvalue weighted by atomic mass is 9.90. The first-order chi connectivity index (χ1) is 8.29. The molecule has 0 saturated heterocycles. The van der Waals surface area contributed by atoms with Gasteiger partial charge in [0, 0.05) is 12.8 Å².